The molecular formula is C27H29BrN2O3S. The molecule has 0 fully saturated rings. The first-order valence-corrected chi connectivity index (χ1v) is 13.5. The number of carbonyl (C=O) groups excluding carboxylic acids is 1. The van der Waals surface area contributed by atoms with Gasteiger partial charge in [-0.3, -0.25) is 4.79 Å². The van der Waals surface area contributed by atoms with E-state index in [2.05, 4.69) is 15.9 Å². The van der Waals surface area contributed by atoms with Crippen molar-refractivity contribution in [1.82, 2.24) is 4.31 Å². The minimum Gasteiger partial charge on any atom is -0.308 e. The number of halogens is 1. The topological polar surface area (TPSA) is 57.7 Å². The van der Waals surface area contributed by atoms with E-state index in [1.807, 2.05) is 88.4 Å². The SMILES string of the molecule is Cc1cc(C)c(S(=O)(=O)N(CC(=O)N2c3ccc(Br)cc3CC2C)Cc2ccccc2)c(C)c1. The van der Waals surface area contributed by atoms with Gasteiger partial charge in [-0.05, 0) is 74.6 Å². The van der Waals surface area contributed by atoms with Crippen molar-refractivity contribution >= 4 is 37.5 Å². The van der Waals surface area contributed by atoms with Gasteiger partial charge in [0, 0.05) is 22.7 Å². The van der Waals surface area contributed by atoms with Crippen LogP contribution in [0.15, 0.2) is 70.0 Å². The Balaban J connectivity index is 1.72. The molecule has 3 aromatic carbocycles. The summed E-state index contributed by atoms with van der Waals surface area (Å²) in [5.74, 6) is -0.226. The monoisotopic (exact) mass is 540 g/mol. The lowest BCUT2D eigenvalue weighted by Gasteiger charge is -2.28. The standard InChI is InChI=1S/C27H29BrN2O3S/c1-18-12-19(2)27(20(3)13-18)34(32,33)29(16-22-8-6-5-7-9-22)17-26(31)30-21(4)14-23-15-24(28)10-11-25(23)30/h5-13,15,21H,14,16-17H2,1-4H3. The van der Waals surface area contributed by atoms with E-state index in [9.17, 15) is 13.2 Å². The normalized spacial score (nSPS) is 15.6. The maximum absolute atomic E-state index is 14.0. The molecule has 5 nitrogen and oxygen atoms in total. The number of hydrogen-bond acceptors (Lipinski definition) is 3. The van der Waals surface area contributed by atoms with Gasteiger partial charge in [-0.1, -0.05) is 64.0 Å². The summed E-state index contributed by atoms with van der Waals surface area (Å²) < 4.78 is 30.2. The predicted molar refractivity (Wildman–Crippen MR) is 139 cm³/mol. The van der Waals surface area contributed by atoms with E-state index < -0.39 is 10.0 Å². The molecule has 0 spiro atoms. The predicted octanol–water partition coefficient (Wildman–Crippen LogP) is 5.54. The van der Waals surface area contributed by atoms with Crippen LogP contribution in [0, 0.1) is 20.8 Å². The number of amides is 1. The lowest BCUT2D eigenvalue weighted by atomic mass is 10.1. The van der Waals surface area contributed by atoms with Crippen LogP contribution in [0.5, 0.6) is 0 Å². The van der Waals surface area contributed by atoms with Gasteiger partial charge in [0.05, 0.1) is 11.4 Å². The molecular weight excluding hydrogens is 512 g/mol. The van der Waals surface area contributed by atoms with Gasteiger partial charge < -0.3 is 4.90 Å². The number of sulfonamides is 1. The van der Waals surface area contributed by atoms with Crippen molar-refractivity contribution in [2.45, 2.75) is 51.6 Å². The molecule has 0 radical (unpaired) electrons. The van der Waals surface area contributed by atoms with Gasteiger partial charge in [-0.2, -0.15) is 4.31 Å². The fourth-order valence-corrected chi connectivity index (χ4v) is 7.12. The van der Waals surface area contributed by atoms with Crippen LogP contribution in [0.25, 0.3) is 0 Å². The summed E-state index contributed by atoms with van der Waals surface area (Å²) in [5, 5.41) is 0. The Morgan fingerprint density at radius 1 is 1.03 bits per heavy atom. The third kappa shape index (κ3) is 4.83. The van der Waals surface area contributed by atoms with Crippen molar-refractivity contribution in [3.05, 3.63) is 93.0 Å². The zero-order valence-corrected chi connectivity index (χ0v) is 22.3. The number of aryl methyl sites for hydroxylation is 3. The minimum atomic E-state index is -3.93. The van der Waals surface area contributed by atoms with Gasteiger partial charge in [-0.25, -0.2) is 8.42 Å². The molecule has 0 bridgehead atoms. The zero-order chi connectivity index (χ0) is 24.6. The second-order valence-corrected chi connectivity index (χ2v) is 11.9. The summed E-state index contributed by atoms with van der Waals surface area (Å²) in [5.41, 5.74) is 5.15. The number of benzene rings is 3. The lowest BCUT2D eigenvalue weighted by Crippen LogP contribution is -2.45. The zero-order valence-electron chi connectivity index (χ0n) is 19.9. The molecule has 1 aliphatic rings. The van der Waals surface area contributed by atoms with E-state index in [-0.39, 0.29) is 29.9 Å². The summed E-state index contributed by atoms with van der Waals surface area (Å²) in [6.07, 6.45) is 0.738. The number of nitrogens with zero attached hydrogens (tertiary/aromatic N) is 2. The second-order valence-electron chi connectivity index (χ2n) is 9.08. The molecule has 1 aliphatic heterocycles. The van der Waals surface area contributed by atoms with E-state index >= 15 is 0 Å². The molecule has 0 aromatic heterocycles. The average molecular weight is 542 g/mol. The number of fused-ring (bicyclic) bond motifs is 1. The van der Waals surface area contributed by atoms with Crippen LogP contribution in [-0.4, -0.2) is 31.2 Å². The Morgan fingerprint density at radius 3 is 2.32 bits per heavy atom. The minimum absolute atomic E-state index is 0.0408. The van der Waals surface area contributed by atoms with Crippen LogP contribution in [0.3, 0.4) is 0 Å². The maximum Gasteiger partial charge on any atom is 0.244 e. The molecule has 1 amide bonds. The van der Waals surface area contributed by atoms with Gasteiger partial charge in [0.25, 0.3) is 0 Å². The molecule has 1 atom stereocenters. The number of hydrogen-bond donors (Lipinski definition) is 0. The summed E-state index contributed by atoms with van der Waals surface area (Å²) in [6.45, 7) is 7.46. The van der Waals surface area contributed by atoms with Crippen molar-refractivity contribution in [2.24, 2.45) is 0 Å². The van der Waals surface area contributed by atoms with Gasteiger partial charge in [0.1, 0.15) is 0 Å². The fourth-order valence-electron chi connectivity index (χ4n) is 4.92. The molecule has 1 unspecified atom stereocenters. The number of rotatable bonds is 6. The largest absolute Gasteiger partial charge is 0.308 e. The van der Waals surface area contributed by atoms with Gasteiger partial charge >= 0.3 is 0 Å². The first-order valence-electron chi connectivity index (χ1n) is 11.3. The Hall–Kier alpha value is -2.48. The van der Waals surface area contributed by atoms with Crippen LogP contribution >= 0.6 is 15.9 Å². The molecule has 1 heterocycles. The number of anilines is 1. The van der Waals surface area contributed by atoms with Crippen molar-refractivity contribution in [3.8, 4) is 0 Å². The molecule has 0 aliphatic carbocycles. The summed E-state index contributed by atoms with van der Waals surface area (Å²) in [7, 11) is -3.93. The highest BCUT2D eigenvalue weighted by Gasteiger charge is 2.35. The van der Waals surface area contributed by atoms with Crippen molar-refractivity contribution in [1.29, 1.82) is 0 Å². The molecule has 0 N–H and O–H groups in total. The van der Waals surface area contributed by atoms with E-state index in [0.29, 0.717) is 11.1 Å². The van der Waals surface area contributed by atoms with E-state index in [0.717, 1.165) is 33.3 Å². The molecule has 34 heavy (non-hydrogen) atoms. The van der Waals surface area contributed by atoms with Crippen LogP contribution in [0.4, 0.5) is 5.69 Å². The van der Waals surface area contributed by atoms with Crippen molar-refractivity contribution in [3.63, 3.8) is 0 Å². The van der Waals surface area contributed by atoms with Crippen LogP contribution in [0.2, 0.25) is 0 Å². The second kappa shape index (κ2) is 9.64. The third-order valence-electron chi connectivity index (χ3n) is 6.24. The maximum atomic E-state index is 14.0. The Bertz CT molecular complexity index is 1320. The fraction of sp³-hybridized carbons (Fsp3) is 0.296. The third-order valence-corrected chi connectivity index (χ3v) is 8.83. The Morgan fingerprint density at radius 2 is 1.68 bits per heavy atom. The highest BCUT2D eigenvalue weighted by atomic mass is 79.9. The summed E-state index contributed by atoms with van der Waals surface area (Å²) >= 11 is 3.50. The molecule has 3 aromatic rings. The molecule has 0 saturated carbocycles. The van der Waals surface area contributed by atoms with Crippen LogP contribution in [-0.2, 0) is 27.8 Å². The van der Waals surface area contributed by atoms with Crippen molar-refractivity contribution in [2.75, 3.05) is 11.4 Å². The van der Waals surface area contributed by atoms with Gasteiger partial charge in [-0.15, -0.1) is 0 Å². The van der Waals surface area contributed by atoms with Crippen LogP contribution < -0.4 is 4.90 Å². The van der Waals surface area contributed by atoms with E-state index in [1.54, 1.807) is 4.90 Å². The summed E-state index contributed by atoms with van der Waals surface area (Å²) in [6, 6.07) is 19.0. The first kappa shape index (κ1) is 24.6. The van der Waals surface area contributed by atoms with Crippen LogP contribution in [0.1, 0.15) is 34.7 Å². The average Bonchev–Trinajstić information content (AvgIpc) is 3.07. The highest BCUT2D eigenvalue weighted by Crippen LogP contribution is 2.35. The molecule has 0 saturated heterocycles. The molecule has 178 valence electrons. The van der Waals surface area contributed by atoms with E-state index in [1.165, 1.54) is 4.31 Å². The highest BCUT2D eigenvalue weighted by molar-refractivity contribution is 9.10. The quantitative estimate of drug-likeness (QED) is 0.412. The van der Waals surface area contributed by atoms with E-state index in [4.69, 9.17) is 0 Å². The van der Waals surface area contributed by atoms with Gasteiger partial charge in [0.15, 0.2) is 0 Å². The molecule has 4 rings (SSSR count). The van der Waals surface area contributed by atoms with Gasteiger partial charge in [0.2, 0.25) is 15.9 Å². The van der Waals surface area contributed by atoms with Crippen molar-refractivity contribution < 1.29 is 13.2 Å². The first-order chi connectivity index (χ1) is 16.1. The smallest absolute Gasteiger partial charge is 0.244 e. The Labute approximate surface area is 210 Å². The summed E-state index contributed by atoms with van der Waals surface area (Å²) in [4.78, 5) is 15.6. The Kier molecular flexibility index (Phi) is 6.99. The number of carbonyl (C=O) groups is 1. The molecule has 7 heteroatoms. The lowest BCUT2D eigenvalue weighted by molar-refractivity contribution is -0.119.